The summed E-state index contributed by atoms with van der Waals surface area (Å²) >= 11 is 1.42. The molecule has 3 N–H and O–H groups in total. The Morgan fingerprint density at radius 2 is 1.87 bits per heavy atom. The third-order valence-electron chi connectivity index (χ3n) is 6.07. The number of fused-ring (bicyclic) bond motifs is 1. The summed E-state index contributed by atoms with van der Waals surface area (Å²) in [5, 5.41) is 12.3. The Kier molecular flexibility index (Phi) is 7.86. The highest BCUT2D eigenvalue weighted by atomic mass is 32.2. The Labute approximate surface area is 225 Å². The number of rotatable bonds is 7. The minimum atomic E-state index is -0.661. The molecule has 13 heteroatoms. The fourth-order valence-corrected chi connectivity index (χ4v) is 4.81. The van der Waals surface area contributed by atoms with E-state index in [4.69, 9.17) is 15.2 Å². The number of nitrogens with zero attached hydrogens (tertiary/aromatic N) is 6. The number of thioether (sulfide) groups is 1. The molecule has 0 radical (unpaired) electrons. The molecule has 1 saturated heterocycles. The van der Waals surface area contributed by atoms with Gasteiger partial charge in [-0.25, -0.2) is 9.78 Å². The highest BCUT2D eigenvalue weighted by Gasteiger charge is 2.27. The predicted molar refractivity (Wildman–Crippen MR) is 147 cm³/mol. The van der Waals surface area contributed by atoms with Crippen LogP contribution in [0.4, 0.5) is 22.0 Å². The number of carbonyl (C=O) groups excluding carboxylic acids is 2. The first-order valence-electron chi connectivity index (χ1n) is 12.4. The number of amides is 2. The fourth-order valence-electron chi connectivity index (χ4n) is 4.25. The summed E-state index contributed by atoms with van der Waals surface area (Å²) < 4.78 is 12.9. The lowest BCUT2D eigenvalue weighted by molar-refractivity contribution is 0.0240. The van der Waals surface area contributed by atoms with E-state index < -0.39 is 11.5 Å². The van der Waals surface area contributed by atoms with Crippen molar-refractivity contribution in [3.8, 4) is 5.75 Å². The van der Waals surface area contributed by atoms with Gasteiger partial charge in [0.05, 0.1) is 12.8 Å². The van der Waals surface area contributed by atoms with Crippen LogP contribution in [0.15, 0.2) is 23.4 Å². The molecule has 0 unspecified atom stereocenters. The molecule has 0 saturated carbocycles. The topological polar surface area (TPSA) is 140 Å². The van der Waals surface area contributed by atoms with Crippen LogP contribution in [0.25, 0.3) is 5.65 Å². The summed E-state index contributed by atoms with van der Waals surface area (Å²) in [6.45, 7) is 9.96. The van der Waals surface area contributed by atoms with E-state index in [1.165, 1.54) is 11.8 Å². The number of nitrogens with two attached hydrogens (primary N) is 1. The Balaban J connectivity index is 1.58. The summed E-state index contributed by atoms with van der Waals surface area (Å²) in [6.07, 6.45) is 2.22. The highest BCUT2D eigenvalue weighted by Crippen LogP contribution is 2.34. The molecule has 4 rings (SSSR count). The van der Waals surface area contributed by atoms with Crippen LogP contribution < -0.4 is 20.7 Å². The van der Waals surface area contributed by atoms with E-state index in [1.54, 1.807) is 16.4 Å². The summed E-state index contributed by atoms with van der Waals surface area (Å²) in [6, 6.07) is 5.74. The number of aromatic nitrogens is 4. The van der Waals surface area contributed by atoms with Crippen LogP contribution in [-0.4, -0.2) is 81.6 Å². The fraction of sp³-hybridized carbons (Fsp3) is 0.480. The van der Waals surface area contributed by atoms with Gasteiger partial charge in [-0.2, -0.15) is 0 Å². The maximum Gasteiger partial charge on any atom is 0.410 e. The van der Waals surface area contributed by atoms with Gasteiger partial charge in [0.2, 0.25) is 0 Å². The molecule has 2 amide bonds. The number of carbonyl (C=O) groups is 2. The van der Waals surface area contributed by atoms with Crippen molar-refractivity contribution in [2.24, 2.45) is 5.73 Å². The summed E-state index contributed by atoms with van der Waals surface area (Å²) in [5.41, 5.74) is 7.30. The van der Waals surface area contributed by atoms with Gasteiger partial charge in [0.15, 0.2) is 10.8 Å². The van der Waals surface area contributed by atoms with Gasteiger partial charge in [-0.05, 0) is 39.2 Å². The molecular weight excluding hydrogens is 508 g/mol. The van der Waals surface area contributed by atoms with E-state index >= 15 is 0 Å². The Morgan fingerprint density at radius 1 is 1.16 bits per heavy atom. The Hall–Kier alpha value is -3.74. The van der Waals surface area contributed by atoms with Crippen LogP contribution >= 0.6 is 11.8 Å². The first kappa shape index (κ1) is 27.3. The zero-order chi connectivity index (χ0) is 27.6. The van der Waals surface area contributed by atoms with Gasteiger partial charge in [0, 0.05) is 44.4 Å². The van der Waals surface area contributed by atoms with Crippen molar-refractivity contribution < 1.29 is 19.1 Å². The zero-order valence-electron chi connectivity index (χ0n) is 22.6. The Morgan fingerprint density at radius 3 is 2.45 bits per heavy atom. The molecule has 12 nitrogen and oxygen atoms in total. The van der Waals surface area contributed by atoms with Crippen LogP contribution in [0.3, 0.4) is 0 Å². The number of aryl methyl sites for hydroxylation is 1. The van der Waals surface area contributed by atoms with Crippen molar-refractivity contribution in [1.82, 2.24) is 24.5 Å². The van der Waals surface area contributed by atoms with Crippen LogP contribution in [0.5, 0.6) is 5.75 Å². The summed E-state index contributed by atoms with van der Waals surface area (Å²) in [4.78, 5) is 33.4. The molecule has 3 aromatic rings. The van der Waals surface area contributed by atoms with Crippen molar-refractivity contribution >= 4 is 46.6 Å². The van der Waals surface area contributed by atoms with Crippen molar-refractivity contribution in [2.75, 3.05) is 49.8 Å². The number of primary amides is 1. The number of methoxy groups -OCH3 is 1. The first-order chi connectivity index (χ1) is 18.1. The van der Waals surface area contributed by atoms with E-state index in [0.29, 0.717) is 60.7 Å². The number of hydrogen-bond acceptors (Lipinski definition) is 10. The van der Waals surface area contributed by atoms with Crippen LogP contribution in [-0.2, 0) is 11.2 Å². The quantitative estimate of drug-likeness (QED) is 0.337. The summed E-state index contributed by atoms with van der Waals surface area (Å²) in [7, 11) is 1.58. The van der Waals surface area contributed by atoms with Crippen molar-refractivity contribution in [3.05, 3.63) is 29.6 Å². The van der Waals surface area contributed by atoms with Gasteiger partial charge in [-0.15, -0.1) is 10.2 Å². The standard InChI is InChI=1S/C25H34N8O4S/c1-7-18-29-30-22-19(20(26)34)21(28-23(38-6)33(18)22)27-16-9-8-15(14-17(16)36-5)31-10-12-32(13-11-31)24(35)37-25(2,3)4/h8-9,14,27H,7,10-13H2,1-6H3,(H2,26,34). The average molecular weight is 543 g/mol. The SMILES string of the molecule is CCc1nnc2c(C(N)=O)c(Nc3ccc(N4CCN(C(=O)OC(C)(C)C)CC4)cc3OC)nc(SC)n12. The molecular formula is C25H34N8O4S. The molecule has 38 heavy (non-hydrogen) atoms. The maximum absolute atomic E-state index is 12.5. The summed E-state index contributed by atoms with van der Waals surface area (Å²) in [5.74, 6) is 0.878. The molecule has 1 aromatic carbocycles. The zero-order valence-corrected chi connectivity index (χ0v) is 23.4. The number of ether oxygens (including phenoxy) is 2. The average Bonchev–Trinajstić information content (AvgIpc) is 3.31. The molecule has 0 aliphatic carbocycles. The maximum atomic E-state index is 12.5. The van der Waals surface area contributed by atoms with Gasteiger partial charge in [-0.1, -0.05) is 18.7 Å². The highest BCUT2D eigenvalue weighted by molar-refractivity contribution is 7.98. The van der Waals surface area contributed by atoms with Crippen LogP contribution in [0.1, 0.15) is 43.9 Å². The van der Waals surface area contributed by atoms with E-state index in [0.717, 1.165) is 5.69 Å². The number of benzene rings is 1. The van der Waals surface area contributed by atoms with E-state index in [1.807, 2.05) is 52.1 Å². The lowest BCUT2D eigenvalue weighted by Gasteiger charge is -2.37. The minimum absolute atomic E-state index is 0.152. The van der Waals surface area contributed by atoms with Gasteiger partial charge in [0.25, 0.3) is 5.91 Å². The van der Waals surface area contributed by atoms with Gasteiger partial charge in [-0.3, -0.25) is 9.20 Å². The number of piperazine rings is 1. The van der Waals surface area contributed by atoms with Gasteiger partial charge >= 0.3 is 6.09 Å². The monoisotopic (exact) mass is 542 g/mol. The lowest BCUT2D eigenvalue weighted by atomic mass is 10.2. The van der Waals surface area contributed by atoms with E-state index in [2.05, 4.69) is 25.4 Å². The largest absolute Gasteiger partial charge is 0.494 e. The first-order valence-corrected chi connectivity index (χ1v) is 13.6. The van der Waals surface area contributed by atoms with E-state index in [9.17, 15) is 9.59 Å². The molecule has 2 aromatic heterocycles. The molecule has 1 fully saturated rings. The second-order valence-electron chi connectivity index (χ2n) is 9.78. The van der Waals surface area contributed by atoms with Crippen molar-refractivity contribution in [3.63, 3.8) is 0 Å². The normalized spacial score (nSPS) is 14.1. The van der Waals surface area contributed by atoms with Crippen molar-refractivity contribution in [1.29, 1.82) is 0 Å². The third-order valence-corrected chi connectivity index (χ3v) is 6.71. The van der Waals surface area contributed by atoms with Crippen molar-refractivity contribution in [2.45, 2.75) is 44.9 Å². The third kappa shape index (κ3) is 5.57. The van der Waals surface area contributed by atoms with Crippen LogP contribution in [0.2, 0.25) is 0 Å². The molecule has 0 spiro atoms. The molecule has 1 aliphatic heterocycles. The van der Waals surface area contributed by atoms with E-state index in [-0.39, 0.29) is 17.5 Å². The number of anilines is 3. The molecule has 0 atom stereocenters. The smallest absolute Gasteiger partial charge is 0.410 e. The number of nitrogens with one attached hydrogen (secondary N) is 1. The van der Waals surface area contributed by atoms with Gasteiger partial charge in [0.1, 0.15) is 28.6 Å². The Bertz CT molecular complexity index is 1350. The second kappa shape index (κ2) is 10.9. The van der Waals surface area contributed by atoms with Gasteiger partial charge < -0.3 is 30.3 Å². The predicted octanol–water partition coefficient (Wildman–Crippen LogP) is 3.32. The molecule has 1 aliphatic rings. The molecule has 3 heterocycles. The minimum Gasteiger partial charge on any atom is -0.494 e. The molecule has 0 bridgehead atoms. The lowest BCUT2D eigenvalue weighted by Crippen LogP contribution is -2.50. The molecule has 204 valence electrons. The number of hydrogen-bond donors (Lipinski definition) is 2. The second-order valence-corrected chi connectivity index (χ2v) is 10.6. The van der Waals surface area contributed by atoms with Crippen LogP contribution in [0, 0.1) is 0 Å².